The number of carbonyl (C=O) groups is 1. The van der Waals surface area contributed by atoms with Gasteiger partial charge in [-0.25, -0.2) is 4.98 Å². The molecule has 0 aliphatic carbocycles. The van der Waals surface area contributed by atoms with E-state index in [-0.39, 0.29) is 17.2 Å². The van der Waals surface area contributed by atoms with E-state index in [2.05, 4.69) is 10.1 Å². The molecule has 7 heteroatoms. The maximum absolute atomic E-state index is 12.2. The lowest BCUT2D eigenvalue weighted by Crippen LogP contribution is -2.40. The first kappa shape index (κ1) is 15.5. The average molecular weight is 316 g/mol. The van der Waals surface area contributed by atoms with E-state index in [0.717, 1.165) is 18.5 Å². The standard InChI is InChI=1S/C16H20N4O3/c1-11-12(2)17-10-20(15(11)21)9-13-4-7-19(8-5-13)16(22)14-3-6-18-23-14/h3,6,10,13H,4-5,7-9H2,1-2H3. The number of nitrogens with zero attached hydrogens (tertiary/aromatic N) is 4. The van der Waals surface area contributed by atoms with Gasteiger partial charge in [0.05, 0.1) is 12.5 Å². The summed E-state index contributed by atoms with van der Waals surface area (Å²) in [6.07, 6.45) is 4.81. The summed E-state index contributed by atoms with van der Waals surface area (Å²) < 4.78 is 6.60. The van der Waals surface area contributed by atoms with Crippen LogP contribution in [-0.4, -0.2) is 38.6 Å². The molecule has 3 heterocycles. The van der Waals surface area contributed by atoms with Crippen LogP contribution in [0.5, 0.6) is 0 Å². The number of aromatic nitrogens is 3. The van der Waals surface area contributed by atoms with Gasteiger partial charge in [-0.3, -0.25) is 14.2 Å². The quantitative estimate of drug-likeness (QED) is 0.855. The molecule has 2 aromatic heterocycles. The van der Waals surface area contributed by atoms with E-state index in [1.54, 1.807) is 28.8 Å². The molecule has 1 aliphatic heterocycles. The number of likely N-dealkylation sites (tertiary alicyclic amines) is 1. The molecule has 3 rings (SSSR count). The Hall–Kier alpha value is -2.44. The average Bonchev–Trinajstić information content (AvgIpc) is 3.10. The zero-order valence-corrected chi connectivity index (χ0v) is 13.4. The minimum Gasteiger partial charge on any atom is -0.351 e. The molecule has 2 aromatic rings. The molecular formula is C16H20N4O3. The number of amides is 1. The molecular weight excluding hydrogens is 296 g/mol. The summed E-state index contributed by atoms with van der Waals surface area (Å²) in [4.78, 5) is 30.5. The molecule has 0 N–H and O–H groups in total. The molecule has 0 aromatic carbocycles. The predicted octanol–water partition coefficient (Wildman–Crippen LogP) is 1.40. The first-order valence-corrected chi connectivity index (χ1v) is 7.79. The first-order chi connectivity index (χ1) is 11.1. The van der Waals surface area contributed by atoms with Crippen molar-refractivity contribution in [1.82, 2.24) is 19.6 Å². The van der Waals surface area contributed by atoms with Gasteiger partial charge < -0.3 is 9.42 Å². The van der Waals surface area contributed by atoms with Crippen LogP contribution in [0.15, 0.2) is 27.9 Å². The SMILES string of the molecule is Cc1ncn(CC2CCN(C(=O)c3ccno3)CC2)c(=O)c1C. The summed E-state index contributed by atoms with van der Waals surface area (Å²) in [5.74, 6) is 0.527. The number of rotatable bonds is 3. The Kier molecular flexibility index (Phi) is 4.27. The largest absolute Gasteiger partial charge is 0.351 e. The topological polar surface area (TPSA) is 81.2 Å². The Morgan fingerprint density at radius 3 is 2.74 bits per heavy atom. The van der Waals surface area contributed by atoms with Crippen molar-refractivity contribution in [3.05, 3.63) is 46.0 Å². The molecule has 1 fully saturated rings. The molecule has 0 saturated carbocycles. The highest BCUT2D eigenvalue weighted by molar-refractivity contribution is 5.91. The van der Waals surface area contributed by atoms with Crippen LogP contribution in [0, 0.1) is 19.8 Å². The van der Waals surface area contributed by atoms with Gasteiger partial charge in [-0.05, 0) is 32.6 Å². The lowest BCUT2D eigenvalue weighted by atomic mass is 9.96. The van der Waals surface area contributed by atoms with Crippen LogP contribution < -0.4 is 5.56 Å². The van der Waals surface area contributed by atoms with Crippen LogP contribution in [0.1, 0.15) is 34.7 Å². The van der Waals surface area contributed by atoms with Gasteiger partial charge in [-0.15, -0.1) is 0 Å². The summed E-state index contributed by atoms with van der Waals surface area (Å²) in [5.41, 5.74) is 1.50. The van der Waals surface area contributed by atoms with Gasteiger partial charge in [0.1, 0.15) is 0 Å². The fraction of sp³-hybridized carbons (Fsp3) is 0.500. The zero-order chi connectivity index (χ0) is 16.4. The molecule has 0 bridgehead atoms. The normalized spacial score (nSPS) is 15.8. The molecule has 0 radical (unpaired) electrons. The molecule has 0 unspecified atom stereocenters. The van der Waals surface area contributed by atoms with Crippen LogP contribution in [-0.2, 0) is 6.54 Å². The second-order valence-corrected chi connectivity index (χ2v) is 6.02. The third-order valence-corrected chi connectivity index (χ3v) is 4.52. The van der Waals surface area contributed by atoms with E-state index in [0.29, 0.717) is 31.1 Å². The van der Waals surface area contributed by atoms with Crippen molar-refractivity contribution >= 4 is 5.91 Å². The summed E-state index contributed by atoms with van der Waals surface area (Å²) in [7, 11) is 0. The van der Waals surface area contributed by atoms with Crippen LogP contribution in [0.3, 0.4) is 0 Å². The van der Waals surface area contributed by atoms with E-state index in [1.807, 2.05) is 6.92 Å². The van der Waals surface area contributed by atoms with Crippen molar-refractivity contribution in [2.75, 3.05) is 13.1 Å². The minimum absolute atomic E-state index is 0.0256. The molecule has 7 nitrogen and oxygen atoms in total. The maximum Gasteiger partial charge on any atom is 0.292 e. The number of hydrogen-bond donors (Lipinski definition) is 0. The van der Waals surface area contributed by atoms with Crippen LogP contribution in [0.25, 0.3) is 0 Å². The predicted molar refractivity (Wildman–Crippen MR) is 83.1 cm³/mol. The maximum atomic E-state index is 12.2. The smallest absolute Gasteiger partial charge is 0.292 e. The molecule has 1 saturated heterocycles. The summed E-state index contributed by atoms with van der Waals surface area (Å²) in [6.45, 7) is 5.63. The Morgan fingerprint density at radius 1 is 1.35 bits per heavy atom. The van der Waals surface area contributed by atoms with Gasteiger partial charge in [-0.2, -0.15) is 0 Å². The van der Waals surface area contributed by atoms with E-state index >= 15 is 0 Å². The van der Waals surface area contributed by atoms with Crippen LogP contribution in [0.2, 0.25) is 0 Å². The van der Waals surface area contributed by atoms with Gasteiger partial charge in [-0.1, -0.05) is 5.16 Å². The Morgan fingerprint density at radius 2 is 2.09 bits per heavy atom. The van der Waals surface area contributed by atoms with Crippen LogP contribution >= 0.6 is 0 Å². The molecule has 23 heavy (non-hydrogen) atoms. The van der Waals surface area contributed by atoms with Crippen molar-refractivity contribution in [2.24, 2.45) is 5.92 Å². The lowest BCUT2D eigenvalue weighted by molar-refractivity contribution is 0.0640. The molecule has 1 amide bonds. The number of carbonyl (C=O) groups excluding carboxylic acids is 1. The van der Waals surface area contributed by atoms with Crippen molar-refractivity contribution in [3.63, 3.8) is 0 Å². The Bertz CT molecular complexity index is 743. The summed E-state index contributed by atoms with van der Waals surface area (Å²) in [5, 5.41) is 3.57. The van der Waals surface area contributed by atoms with E-state index in [4.69, 9.17) is 4.52 Å². The molecule has 1 aliphatic rings. The fourth-order valence-corrected chi connectivity index (χ4v) is 2.88. The van der Waals surface area contributed by atoms with E-state index < -0.39 is 0 Å². The van der Waals surface area contributed by atoms with Crippen molar-refractivity contribution in [2.45, 2.75) is 33.2 Å². The first-order valence-electron chi connectivity index (χ1n) is 7.79. The van der Waals surface area contributed by atoms with Gasteiger partial charge >= 0.3 is 0 Å². The number of aryl methyl sites for hydroxylation is 1. The molecule has 122 valence electrons. The van der Waals surface area contributed by atoms with Crippen molar-refractivity contribution in [1.29, 1.82) is 0 Å². The zero-order valence-electron chi connectivity index (χ0n) is 13.4. The fourth-order valence-electron chi connectivity index (χ4n) is 2.88. The monoisotopic (exact) mass is 316 g/mol. The highest BCUT2D eigenvalue weighted by Gasteiger charge is 2.25. The summed E-state index contributed by atoms with van der Waals surface area (Å²) >= 11 is 0. The van der Waals surface area contributed by atoms with Gasteiger partial charge in [0.2, 0.25) is 5.76 Å². The number of hydrogen-bond acceptors (Lipinski definition) is 5. The van der Waals surface area contributed by atoms with Gasteiger partial charge in [0.25, 0.3) is 11.5 Å². The van der Waals surface area contributed by atoms with Crippen LogP contribution in [0.4, 0.5) is 0 Å². The van der Waals surface area contributed by atoms with Crippen molar-refractivity contribution in [3.8, 4) is 0 Å². The second-order valence-electron chi connectivity index (χ2n) is 6.02. The van der Waals surface area contributed by atoms with E-state index in [9.17, 15) is 9.59 Å². The molecule has 0 spiro atoms. The lowest BCUT2D eigenvalue weighted by Gasteiger charge is -2.31. The number of piperidine rings is 1. The van der Waals surface area contributed by atoms with Gasteiger partial charge in [0, 0.05) is 37.0 Å². The van der Waals surface area contributed by atoms with Crippen molar-refractivity contribution < 1.29 is 9.32 Å². The second kappa shape index (κ2) is 6.36. The third kappa shape index (κ3) is 3.18. The Labute approximate surface area is 133 Å². The highest BCUT2D eigenvalue weighted by atomic mass is 16.5. The summed E-state index contributed by atoms with van der Waals surface area (Å²) in [6, 6.07) is 1.58. The van der Waals surface area contributed by atoms with E-state index in [1.165, 1.54) is 6.20 Å². The Balaban J connectivity index is 1.61. The molecule has 0 atom stereocenters. The van der Waals surface area contributed by atoms with Gasteiger partial charge in [0.15, 0.2) is 0 Å². The highest BCUT2D eigenvalue weighted by Crippen LogP contribution is 2.20. The minimum atomic E-state index is -0.119. The third-order valence-electron chi connectivity index (χ3n) is 4.52.